The van der Waals surface area contributed by atoms with Gasteiger partial charge in [0.1, 0.15) is 0 Å². The van der Waals surface area contributed by atoms with Crippen LogP contribution in [0.4, 0.5) is 11.4 Å². The zero-order chi connectivity index (χ0) is 14.5. The summed E-state index contributed by atoms with van der Waals surface area (Å²) in [5.41, 5.74) is 5.01. The van der Waals surface area contributed by atoms with Crippen LogP contribution in [0.2, 0.25) is 0 Å². The van der Waals surface area contributed by atoms with Crippen molar-refractivity contribution in [2.75, 3.05) is 23.3 Å². The molecule has 1 saturated heterocycles. The van der Waals surface area contributed by atoms with Crippen molar-refractivity contribution in [3.8, 4) is 0 Å². The monoisotopic (exact) mass is 272 g/mol. The minimum absolute atomic E-state index is 0.880. The molecule has 1 fully saturated rings. The van der Waals surface area contributed by atoms with Gasteiger partial charge in [-0.3, -0.25) is 0 Å². The fourth-order valence-corrected chi connectivity index (χ4v) is 2.87. The van der Waals surface area contributed by atoms with Crippen molar-refractivity contribution in [3.05, 3.63) is 36.0 Å². The second-order valence-electron chi connectivity index (χ2n) is 6.17. The summed E-state index contributed by atoms with van der Waals surface area (Å²) in [5.74, 6) is 0.880. The van der Waals surface area contributed by atoms with E-state index in [1.165, 1.54) is 49.3 Å². The van der Waals surface area contributed by atoms with Gasteiger partial charge in [-0.15, -0.1) is 0 Å². The molecule has 1 aromatic rings. The van der Waals surface area contributed by atoms with Crippen LogP contribution in [-0.2, 0) is 6.42 Å². The SMILES string of the molecule is C=C(C)Nc1ccc(N2CCC(C)CC2)cc1CCC. The molecule has 2 rings (SSSR count). The molecule has 0 unspecified atom stereocenters. The summed E-state index contributed by atoms with van der Waals surface area (Å²) in [6.45, 7) is 12.9. The lowest BCUT2D eigenvalue weighted by Gasteiger charge is -2.32. The topological polar surface area (TPSA) is 15.3 Å². The highest BCUT2D eigenvalue weighted by molar-refractivity contribution is 5.62. The Kier molecular flexibility index (Phi) is 5.11. The average Bonchev–Trinajstić information content (AvgIpc) is 2.41. The number of benzene rings is 1. The van der Waals surface area contributed by atoms with E-state index in [2.05, 4.69) is 48.8 Å². The lowest BCUT2D eigenvalue weighted by atomic mass is 9.98. The quantitative estimate of drug-likeness (QED) is 0.826. The normalized spacial score (nSPS) is 16.2. The summed E-state index contributed by atoms with van der Waals surface area (Å²) in [4.78, 5) is 2.53. The van der Waals surface area contributed by atoms with Gasteiger partial charge in [0.05, 0.1) is 0 Å². The van der Waals surface area contributed by atoms with Gasteiger partial charge in [0.25, 0.3) is 0 Å². The molecule has 1 heterocycles. The Morgan fingerprint density at radius 1 is 1.35 bits per heavy atom. The molecule has 2 heteroatoms. The van der Waals surface area contributed by atoms with E-state index in [9.17, 15) is 0 Å². The number of allylic oxidation sites excluding steroid dienone is 1. The first-order chi connectivity index (χ1) is 9.60. The predicted molar refractivity (Wildman–Crippen MR) is 89.5 cm³/mol. The van der Waals surface area contributed by atoms with Gasteiger partial charge in [0, 0.05) is 30.2 Å². The van der Waals surface area contributed by atoms with Crippen molar-refractivity contribution in [3.63, 3.8) is 0 Å². The molecule has 0 amide bonds. The number of nitrogens with one attached hydrogen (secondary N) is 1. The van der Waals surface area contributed by atoms with E-state index >= 15 is 0 Å². The third-order valence-corrected chi connectivity index (χ3v) is 4.11. The highest BCUT2D eigenvalue weighted by Gasteiger charge is 2.16. The van der Waals surface area contributed by atoms with Crippen LogP contribution in [0.3, 0.4) is 0 Å². The summed E-state index contributed by atoms with van der Waals surface area (Å²) in [6.07, 6.45) is 4.92. The Labute approximate surface area is 123 Å². The summed E-state index contributed by atoms with van der Waals surface area (Å²) in [7, 11) is 0. The van der Waals surface area contributed by atoms with Gasteiger partial charge in [-0.2, -0.15) is 0 Å². The molecule has 0 spiro atoms. The van der Waals surface area contributed by atoms with E-state index in [4.69, 9.17) is 0 Å². The van der Waals surface area contributed by atoms with Gasteiger partial charge in [0.15, 0.2) is 0 Å². The van der Waals surface area contributed by atoms with Crippen molar-refractivity contribution in [2.45, 2.75) is 46.5 Å². The Morgan fingerprint density at radius 2 is 2.05 bits per heavy atom. The molecule has 0 aliphatic carbocycles. The van der Waals surface area contributed by atoms with E-state index in [1.54, 1.807) is 0 Å². The van der Waals surface area contributed by atoms with E-state index < -0.39 is 0 Å². The zero-order valence-corrected chi connectivity index (χ0v) is 13.2. The molecule has 20 heavy (non-hydrogen) atoms. The maximum absolute atomic E-state index is 3.95. The fraction of sp³-hybridized carbons (Fsp3) is 0.556. The molecule has 2 nitrogen and oxygen atoms in total. The average molecular weight is 272 g/mol. The molecule has 1 aliphatic heterocycles. The lowest BCUT2D eigenvalue weighted by Crippen LogP contribution is -2.32. The number of nitrogens with zero attached hydrogens (tertiary/aromatic N) is 1. The third kappa shape index (κ3) is 3.78. The Hall–Kier alpha value is -1.44. The van der Waals surface area contributed by atoms with E-state index in [-0.39, 0.29) is 0 Å². The lowest BCUT2D eigenvalue weighted by molar-refractivity contribution is 0.438. The van der Waals surface area contributed by atoms with Crippen LogP contribution in [0.15, 0.2) is 30.5 Å². The van der Waals surface area contributed by atoms with Gasteiger partial charge in [-0.05, 0) is 55.9 Å². The van der Waals surface area contributed by atoms with Gasteiger partial charge in [-0.1, -0.05) is 26.8 Å². The van der Waals surface area contributed by atoms with E-state index in [1.807, 2.05) is 6.92 Å². The minimum atomic E-state index is 0.880. The van der Waals surface area contributed by atoms with Crippen molar-refractivity contribution in [1.82, 2.24) is 0 Å². The van der Waals surface area contributed by atoms with Crippen molar-refractivity contribution >= 4 is 11.4 Å². The van der Waals surface area contributed by atoms with Crippen LogP contribution in [0, 0.1) is 5.92 Å². The Bertz CT molecular complexity index is 456. The number of hydrogen-bond acceptors (Lipinski definition) is 2. The first-order valence-electron chi connectivity index (χ1n) is 7.90. The van der Waals surface area contributed by atoms with Crippen molar-refractivity contribution < 1.29 is 0 Å². The first-order valence-corrected chi connectivity index (χ1v) is 7.90. The largest absolute Gasteiger partial charge is 0.372 e. The first kappa shape index (κ1) is 15.0. The molecule has 1 aromatic carbocycles. The minimum Gasteiger partial charge on any atom is -0.372 e. The van der Waals surface area contributed by atoms with Crippen molar-refractivity contribution in [1.29, 1.82) is 0 Å². The van der Waals surface area contributed by atoms with E-state index in [0.29, 0.717) is 0 Å². The maximum Gasteiger partial charge on any atom is 0.0415 e. The van der Waals surface area contributed by atoms with Gasteiger partial charge in [0.2, 0.25) is 0 Å². The molecule has 0 atom stereocenters. The van der Waals surface area contributed by atoms with Gasteiger partial charge < -0.3 is 10.2 Å². The zero-order valence-electron chi connectivity index (χ0n) is 13.2. The second kappa shape index (κ2) is 6.83. The summed E-state index contributed by atoms with van der Waals surface area (Å²) < 4.78 is 0. The van der Waals surface area contributed by atoms with Crippen LogP contribution in [-0.4, -0.2) is 13.1 Å². The van der Waals surface area contributed by atoms with Crippen LogP contribution < -0.4 is 10.2 Å². The number of aryl methyl sites for hydroxylation is 1. The third-order valence-electron chi connectivity index (χ3n) is 4.11. The van der Waals surface area contributed by atoms with Gasteiger partial charge in [-0.25, -0.2) is 0 Å². The van der Waals surface area contributed by atoms with Crippen LogP contribution in [0.1, 0.15) is 45.6 Å². The summed E-state index contributed by atoms with van der Waals surface area (Å²) in [6, 6.07) is 6.83. The van der Waals surface area contributed by atoms with Crippen LogP contribution in [0.5, 0.6) is 0 Å². The molecule has 0 aromatic heterocycles. The summed E-state index contributed by atoms with van der Waals surface area (Å²) >= 11 is 0. The number of anilines is 2. The molecule has 1 N–H and O–H groups in total. The molecule has 110 valence electrons. The fourth-order valence-electron chi connectivity index (χ4n) is 2.87. The van der Waals surface area contributed by atoms with E-state index in [0.717, 1.165) is 18.0 Å². The smallest absolute Gasteiger partial charge is 0.0415 e. The second-order valence-corrected chi connectivity index (χ2v) is 6.17. The molecule has 0 radical (unpaired) electrons. The molecule has 0 bridgehead atoms. The Balaban J connectivity index is 2.18. The highest BCUT2D eigenvalue weighted by Crippen LogP contribution is 2.28. The molecule has 0 saturated carbocycles. The van der Waals surface area contributed by atoms with Gasteiger partial charge >= 0.3 is 0 Å². The summed E-state index contributed by atoms with van der Waals surface area (Å²) in [5, 5.41) is 3.38. The highest BCUT2D eigenvalue weighted by atomic mass is 15.1. The molecular weight excluding hydrogens is 244 g/mol. The maximum atomic E-state index is 3.95. The van der Waals surface area contributed by atoms with Crippen LogP contribution in [0.25, 0.3) is 0 Å². The Morgan fingerprint density at radius 3 is 2.65 bits per heavy atom. The molecule has 1 aliphatic rings. The number of rotatable bonds is 5. The molecular formula is C18H28N2. The standard InChI is InChI=1S/C18H28N2/c1-5-6-16-13-17(7-8-18(16)19-14(2)3)20-11-9-15(4)10-12-20/h7-8,13,15,19H,2,5-6,9-12H2,1,3-4H3. The van der Waals surface area contributed by atoms with Crippen molar-refractivity contribution in [2.24, 2.45) is 5.92 Å². The number of hydrogen-bond donors (Lipinski definition) is 1. The number of piperidine rings is 1. The van der Waals surface area contributed by atoms with Crippen LogP contribution >= 0.6 is 0 Å². The predicted octanol–water partition coefficient (Wildman–Crippen LogP) is 4.82.